The van der Waals surface area contributed by atoms with Gasteiger partial charge in [0.25, 0.3) is 0 Å². The van der Waals surface area contributed by atoms with E-state index in [1.807, 2.05) is 0 Å². The fourth-order valence-corrected chi connectivity index (χ4v) is 1.61. The van der Waals surface area contributed by atoms with E-state index in [0.717, 1.165) is 0 Å². The molecule has 2 N–H and O–H groups in total. The summed E-state index contributed by atoms with van der Waals surface area (Å²) in [6.07, 6.45) is 0. The van der Waals surface area contributed by atoms with Crippen molar-refractivity contribution in [2.75, 3.05) is 32.1 Å². The Morgan fingerprint density at radius 2 is 2.29 bits per heavy atom. The molecule has 1 aromatic rings. The van der Waals surface area contributed by atoms with Gasteiger partial charge in [-0.1, -0.05) is 0 Å². The largest absolute Gasteiger partial charge is 0.383 e. The Hall–Kier alpha value is -0.980. The standard InChI is InChI=1S/C11H14BrFN2O2/c1-17-5-4-14-7-11(16)15-10-3-2-8(13)6-9(10)12/h2-3,6,14H,4-5,7H2,1H3,(H,15,16). The molecule has 0 atom stereocenters. The summed E-state index contributed by atoms with van der Waals surface area (Å²) < 4.78 is 18.2. The van der Waals surface area contributed by atoms with Gasteiger partial charge in [-0.2, -0.15) is 0 Å². The van der Waals surface area contributed by atoms with Gasteiger partial charge in [0.2, 0.25) is 5.91 Å². The summed E-state index contributed by atoms with van der Waals surface area (Å²) in [5.74, 6) is -0.540. The predicted octanol–water partition coefficient (Wildman–Crippen LogP) is 1.76. The first-order valence-corrected chi connectivity index (χ1v) is 5.87. The van der Waals surface area contributed by atoms with Crippen molar-refractivity contribution in [2.24, 2.45) is 0 Å². The number of carbonyl (C=O) groups is 1. The van der Waals surface area contributed by atoms with Gasteiger partial charge in [-0.3, -0.25) is 4.79 Å². The van der Waals surface area contributed by atoms with Crippen molar-refractivity contribution in [1.82, 2.24) is 5.32 Å². The number of halogens is 2. The number of hydrogen-bond donors (Lipinski definition) is 2. The molecule has 4 nitrogen and oxygen atoms in total. The maximum absolute atomic E-state index is 12.8. The number of nitrogens with one attached hydrogen (secondary N) is 2. The quantitative estimate of drug-likeness (QED) is 0.788. The fraction of sp³-hybridized carbons (Fsp3) is 0.364. The monoisotopic (exact) mass is 304 g/mol. The molecule has 0 aliphatic rings. The average molecular weight is 305 g/mol. The van der Waals surface area contributed by atoms with Crippen molar-refractivity contribution < 1.29 is 13.9 Å². The topological polar surface area (TPSA) is 50.4 Å². The third-order valence-corrected chi connectivity index (χ3v) is 2.63. The summed E-state index contributed by atoms with van der Waals surface area (Å²) in [7, 11) is 1.59. The van der Waals surface area contributed by atoms with Crippen LogP contribution in [0.25, 0.3) is 0 Å². The zero-order valence-corrected chi connectivity index (χ0v) is 11.0. The second-order valence-corrected chi connectivity index (χ2v) is 4.20. The average Bonchev–Trinajstić information content (AvgIpc) is 2.28. The van der Waals surface area contributed by atoms with E-state index in [4.69, 9.17) is 4.74 Å². The molecule has 0 spiro atoms. The third kappa shape index (κ3) is 5.25. The molecule has 1 amide bonds. The molecule has 0 fully saturated rings. The molecular weight excluding hydrogens is 291 g/mol. The zero-order chi connectivity index (χ0) is 12.7. The highest BCUT2D eigenvalue weighted by atomic mass is 79.9. The van der Waals surface area contributed by atoms with E-state index in [9.17, 15) is 9.18 Å². The molecule has 17 heavy (non-hydrogen) atoms. The highest BCUT2D eigenvalue weighted by molar-refractivity contribution is 9.10. The molecule has 94 valence electrons. The molecule has 0 radical (unpaired) electrons. The van der Waals surface area contributed by atoms with Gasteiger partial charge in [0.1, 0.15) is 5.82 Å². The van der Waals surface area contributed by atoms with Gasteiger partial charge >= 0.3 is 0 Å². The molecule has 0 unspecified atom stereocenters. The maximum Gasteiger partial charge on any atom is 0.238 e. The van der Waals surface area contributed by atoms with E-state index in [0.29, 0.717) is 23.3 Å². The van der Waals surface area contributed by atoms with Crippen LogP contribution in [0.5, 0.6) is 0 Å². The third-order valence-electron chi connectivity index (χ3n) is 1.97. The Balaban J connectivity index is 2.40. The van der Waals surface area contributed by atoms with Gasteiger partial charge in [0.05, 0.1) is 18.8 Å². The van der Waals surface area contributed by atoms with Crippen LogP contribution in [0, 0.1) is 5.82 Å². The van der Waals surface area contributed by atoms with Gasteiger partial charge in [0, 0.05) is 18.1 Å². The Morgan fingerprint density at radius 1 is 1.53 bits per heavy atom. The predicted molar refractivity (Wildman–Crippen MR) is 67.5 cm³/mol. The lowest BCUT2D eigenvalue weighted by Crippen LogP contribution is -2.30. The molecule has 0 aliphatic heterocycles. The Bertz CT molecular complexity index is 388. The highest BCUT2D eigenvalue weighted by Crippen LogP contribution is 2.22. The van der Waals surface area contributed by atoms with E-state index in [2.05, 4.69) is 26.6 Å². The molecule has 0 aliphatic carbocycles. The van der Waals surface area contributed by atoms with Crippen molar-refractivity contribution in [3.8, 4) is 0 Å². The van der Waals surface area contributed by atoms with Crippen LogP contribution in [0.2, 0.25) is 0 Å². The summed E-state index contributed by atoms with van der Waals surface area (Å²) in [4.78, 5) is 11.5. The number of anilines is 1. The van der Waals surface area contributed by atoms with Crippen LogP contribution in [0.3, 0.4) is 0 Å². The van der Waals surface area contributed by atoms with E-state index < -0.39 is 0 Å². The van der Waals surface area contributed by atoms with Gasteiger partial charge in [-0.05, 0) is 34.1 Å². The molecule has 0 saturated carbocycles. The molecule has 0 heterocycles. The second kappa shape index (κ2) is 7.37. The van der Waals surface area contributed by atoms with Crippen molar-refractivity contribution in [2.45, 2.75) is 0 Å². The number of methoxy groups -OCH3 is 1. The van der Waals surface area contributed by atoms with Gasteiger partial charge in [-0.25, -0.2) is 4.39 Å². The van der Waals surface area contributed by atoms with Crippen LogP contribution in [0.1, 0.15) is 0 Å². The van der Waals surface area contributed by atoms with Crippen LogP contribution < -0.4 is 10.6 Å². The minimum atomic E-state index is -0.354. The number of carbonyl (C=O) groups excluding carboxylic acids is 1. The van der Waals surface area contributed by atoms with E-state index in [1.54, 1.807) is 7.11 Å². The van der Waals surface area contributed by atoms with Crippen LogP contribution in [0.4, 0.5) is 10.1 Å². The van der Waals surface area contributed by atoms with Crippen molar-refractivity contribution >= 4 is 27.5 Å². The maximum atomic E-state index is 12.8. The number of benzene rings is 1. The molecule has 0 bridgehead atoms. The van der Waals surface area contributed by atoms with Gasteiger partial charge in [-0.15, -0.1) is 0 Å². The molecule has 6 heteroatoms. The normalized spacial score (nSPS) is 10.3. The minimum Gasteiger partial charge on any atom is -0.383 e. The van der Waals surface area contributed by atoms with E-state index in [-0.39, 0.29) is 18.3 Å². The zero-order valence-electron chi connectivity index (χ0n) is 9.43. The second-order valence-electron chi connectivity index (χ2n) is 3.34. The van der Waals surface area contributed by atoms with Crippen molar-refractivity contribution in [3.05, 3.63) is 28.5 Å². The molecule has 1 aromatic carbocycles. The number of amides is 1. The van der Waals surface area contributed by atoms with E-state index in [1.165, 1.54) is 18.2 Å². The Morgan fingerprint density at radius 3 is 2.94 bits per heavy atom. The summed E-state index contributed by atoms with van der Waals surface area (Å²) >= 11 is 3.17. The van der Waals surface area contributed by atoms with Crippen molar-refractivity contribution in [1.29, 1.82) is 0 Å². The van der Waals surface area contributed by atoms with Crippen LogP contribution in [-0.4, -0.2) is 32.7 Å². The highest BCUT2D eigenvalue weighted by Gasteiger charge is 2.05. The van der Waals surface area contributed by atoms with Crippen LogP contribution in [0.15, 0.2) is 22.7 Å². The van der Waals surface area contributed by atoms with Gasteiger partial charge in [0.15, 0.2) is 0 Å². The lowest BCUT2D eigenvalue weighted by Gasteiger charge is -2.08. The molecule has 0 aromatic heterocycles. The molecule has 1 rings (SSSR count). The first kappa shape index (κ1) is 14.1. The summed E-state index contributed by atoms with van der Waals surface area (Å²) in [5, 5.41) is 5.57. The summed E-state index contributed by atoms with van der Waals surface area (Å²) in [5.41, 5.74) is 0.546. The van der Waals surface area contributed by atoms with Gasteiger partial charge < -0.3 is 15.4 Å². The lowest BCUT2D eigenvalue weighted by atomic mass is 10.3. The lowest BCUT2D eigenvalue weighted by molar-refractivity contribution is -0.115. The van der Waals surface area contributed by atoms with Crippen LogP contribution in [-0.2, 0) is 9.53 Å². The van der Waals surface area contributed by atoms with E-state index >= 15 is 0 Å². The smallest absolute Gasteiger partial charge is 0.238 e. The number of hydrogen-bond acceptors (Lipinski definition) is 3. The molecule has 0 saturated heterocycles. The first-order chi connectivity index (χ1) is 8.13. The van der Waals surface area contributed by atoms with Crippen LogP contribution >= 0.6 is 15.9 Å². The molecular formula is C11H14BrFN2O2. The SMILES string of the molecule is COCCNCC(=O)Nc1ccc(F)cc1Br. The Labute approximate surface area is 108 Å². The first-order valence-electron chi connectivity index (χ1n) is 5.08. The van der Waals surface area contributed by atoms with Crippen molar-refractivity contribution in [3.63, 3.8) is 0 Å². The number of ether oxygens (including phenoxy) is 1. The minimum absolute atomic E-state index is 0.187. The fourth-order valence-electron chi connectivity index (χ4n) is 1.16. The summed E-state index contributed by atoms with van der Waals surface area (Å²) in [6.45, 7) is 1.34. The Kier molecular flexibility index (Phi) is 6.10. The summed E-state index contributed by atoms with van der Waals surface area (Å²) in [6, 6.07) is 4.10. The number of rotatable bonds is 6.